The third kappa shape index (κ3) is 4.40. The van der Waals surface area contributed by atoms with Crippen LogP contribution in [0.2, 0.25) is 0 Å². The predicted molar refractivity (Wildman–Crippen MR) is 137 cm³/mol. The summed E-state index contributed by atoms with van der Waals surface area (Å²) in [6.07, 6.45) is 6.20. The zero-order chi connectivity index (χ0) is 25.4. The molecule has 0 bridgehead atoms. The fourth-order valence-corrected chi connectivity index (χ4v) is 5.52. The summed E-state index contributed by atoms with van der Waals surface area (Å²) >= 11 is 0. The van der Waals surface area contributed by atoms with Gasteiger partial charge in [-0.25, -0.2) is 9.37 Å². The van der Waals surface area contributed by atoms with Gasteiger partial charge in [0.1, 0.15) is 34.7 Å². The van der Waals surface area contributed by atoms with Gasteiger partial charge in [-0.3, -0.25) is 4.79 Å². The molecule has 1 aromatic carbocycles. The zero-order valence-electron chi connectivity index (χ0n) is 20.6. The molecule has 2 fully saturated rings. The molecule has 3 aromatic rings. The van der Waals surface area contributed by atoms with Crippen molar-refractivity contribution in [3.63, 3.8) is 0 Å². The van der Waals surface area contributed by atoms with E-state index >= 15 is 0 Å². The highest BCUT2D eigenvalue weighted by Crippen LogP contribution is 2.37. The van der Waals surface area contributed by atoms with Crippen molar-refractivity contribution in [3.8, 4) is 12.1 Å². The van der Waals surface area contributed by atoms with Crippen molar-refractivity contribution in [2.24, 2.45) is 13.0 Å². The Hall–Kier alpha value is -3.91. The minimum atomic E-state index is -0.362. The van der Waals surface area contributed by atoms with Crippen molar-refractivity contribution in [1.29, 1.82) is 10.5 Å². The molecular weight excluding hydrogens is 455 g/mol. The Morgan fingerprint density at radius 1 is 1.00 bits per heavy atom. The molecule has 0 aliphatic heterocycles. The molecule has 0 spiro atoms. The summed E-state index contributed by atoms with van der Waals surface area (Å²) in [4.78, 5) is 22.0. The van der Waals surface area contributed by atoms with Gasteiger partial charge in [0.15, 0.2) is 0 Å². The monoisotopic (exact) mass is 484 g/mol. The first kappa shape index (κ1) is 23.8. The lowest BCUT2D eigenvalue weighted by molar-refractivity contribution is 0.365. The standard InChI is InChI=1S/C28H29FN6O/c1-33(27-24(16-31)28(36)34(2)25-14-7-20(15-30)32-26(25)27)21-10-12-23(13-11-21)35(17-18-3-4-18)22-8-5-19(29)6-9-22/h5-9,14,18,21,23H,3-4,10-13,17H2,1-2H3/t21-,23-. The second kappa shape index (κ2) is 9.62. The van der Waals surface area contributed by atoms with Crippen molar-refractivity contribution < 1.29 is 4.39 Å². The number of halogens is 1. The third-order valence-electron chi connectivity index (χ3n) is 7.76. The molecule has 36 heavy (non-hydrogen) atoms. The molecule has 0 N–H and O–H groups in total. The average Bonchev–Trinajstić information content (AvgIpc) is 3.73. The van der Waals surface area contributed by atoms with Gasteiger partial charge < -0.3 is 14.4 Å². The summed E-state index contributed by atoms with van der Waals surface area (Å²) in [6, 6.07) is 14.8. The minimum Gasteiger partial charge on any atom is -0.369 e. The number of fused-ring (bicyclic) bond motifs is 1. The van der Waals surface area contributed by atoms with Crippen molar-refractivity contribution in [2.45, 2.75) is 50.6 Å². The summed E-state index contributed by atoms with van der Waals surface area (Å²) in [6.45, 7) is 0.996. The van der Waals surface area contributed by atoms with Crippen LogP contribution < -0.4 is 15.4 Å². The van der Waals surface area contributed by atoms with E-state index in [1.165, 1.54) is 29.5 Å². The normalized spacial score (nSPS) is 19.5. The number of anilines is 2. The Labute approximate surface area is 210 Å². The largest absolute Gasteiger partial charge is 0.369 e. The summed E-state index contributed by atoms with van der Waals surface area (Å²) in [5, 5.41) is 19.3. The van der Waals surface area contributed by atoms with Crippen LogP contribution in [0.5, 0.6) is 0 Å². The molecule has 5 rings (SSSR count). The number of hydrogen-bond donors (Lipinski definition) is 0. The molecule has 2 aromatic heterocycles. The molecule has 0 atom stereocenters. The molecule has 8 heteroatoms. The topological polar surface area (TPSA) is 88.9 Å². The Kier molecular flexibility index (Phi) is 6.36. The molecule has 2 aliphatic carbocycles. The van der Waals surface area contributed by atoms with E-state index in [-0.39, 0.29) is 28.7 Å². The lowest BCUT2D eigenvalue weighted by Crippen LogP contribution is -2.44. The fourth-order valence-electron chi connectivity index (χ4n) is 5.52. The van der Waals surface area contributed by atoms with Crippen LogP contribution in [0.1, 0.15) is 49.8 Å². The smallest absolute Gasteiger partial charge is 0.270 e. The van der Waals surface area contributed by atoms with Crippen LogP contribution in [-0.2, 0) is 7.05 Å². The van der Waals surface area contributed by atoms with E-state index in [9.17, 15) is 19.7 Å². The first-order valence-electron chi connectivity index (χ1n) is 12.5. The molecule has 7 nitrogen and oxygen atoms in total. The first-order chi connectivity index (χ1) is 17.4. The number of rotatable bonds is 6. The number of hydrogen-bond acceptors (Lipinski definition) is 6. The molecule has 0 radical (unpaired) electrons. The highest BCUT2D eigenvalue weighted by Gasteiger charge is 2.33. The van der Waals surface area contributed by atoms with Gasteiger partial charge in [-0.2, -0.15) is 10.5 Å². The number of nitriles is 2. The van der Waals surface area contributed by atoms with Crippen LogP contribution in [0.25, 0.3) is 11.0 Å². The van der Waals surface area contributed by atoms with Crippen LogP contribution in [0.15, 0.2) is 41.2 Å². The van der Waals surface area contributed by atoms with Gasteiger partial charge in [-0.05, 0) is 80.8 Å². The van der Waals surface area contributed by atoms with Crippen LogP contribution in [0.3, 0.4) is 0 Å². The number of pyridine rings is 2. The Bertz CT molecular complexity index is 1420. The molecule has 2 aliphatic rings. The van der Waals surface area contributed by atoms with Crippen LogP contribution in [0.4, 0.5) is 15.8 Å². The third-order valence-corrected chi connectivity index (χ3v) is 7.76. The summed E-state index contributed by atoms with van der Waals surface area (Å²) < 4.78 is 15.0. The summed E-state index contributed by atoms with van der Waals surface area (Å²) in [5.74, 6) is 0.485. The average molecular weight is 485 g/mol. The maximum atomic E-state index is 13.5. The van der Waals surface area contributed by atoms with Gasteiger partial charge in [-0.15, -0.1) is 0 Å². The van der Waals surface area contributed by atoms with Crippen LogP contribution in [0, 0.1) is 34.4 Å². The number of aryl methyl sites for hydroxylation is 1. The van der Waals surface area contributed by atoms with E-state index in [0.717, 1.165) is 37.9 Å². The van der Waals surface area contributed by atoms with E-state index in [4.69, 9.17) is 0 Å². The first-order valence-corrected chi connectivity index (χ1v) is 12.5. The lowest BCUT2D eigenvalue weighted by Gasteiger charge is -2.41. The van der Waals surface area contributed by atoms with Gasteiger partial charge in [0.05, 0.1) is 11.2 Å². The lowest BCUT2D eigenvalue weighted by atomic mass is 9.88. The summed E-state index contributed by atoms with van der Waals surface area (Å²) in [7, 11) is 3.54. The van der Waals surface area contributed by atoms with E-state index in [2.05, 4.69) is 22.0 Å². The predicted octanol–water partition coefficient (Wildman–Crippen LogP) is 4.48. The van der Waals surface area contributed by atoms with Crippen molar-refractivity contribution in [3.05, 3.63) is 63.8 Å². The highest BCUT2D eigenvalue weighted by molar-refractivity contribution is 5.92. The van der Waals surface area contributed by atoms with E-state index < -0.39 is 0 Å². The molecule has 0 amide bonds. The number of benzene rings is 1. The molecule has 184 valence electrons. The maximum absolute atomic E-state index is 13.5. The molecule has 0 saturated heterocycles. The second-order valence-electron chi connectivity index (χ2n) is 10.0. The number of nitrogens with zero attached hydrogens (tertiary/aromatic N) is 6. The maximum Gasteiger partial charge on any atom is 0.270 e. The second-order valence-corrected chi connectivity index (χ2v) is 10.0. The zero-order valence-corrected chi connectivity index (χ0v) is 20.6. The molecule has 2 heterocycles. The van der Waals surface area contributed by atoms with E-state index in [1.807, 2.05) is 24.1 Å². The van der Waals surface area contributed by atoms with Crippen molar-refractivity contribution in [2.75, 3.05) is 23.4 Å². The molecule has 2 saturated carbocycles. The van der Waals surface area contributed by atoms with E-state index in [1.54, 1.807) is 19.2 Å². The molecule has 0 unspecified atom stereocenters. The quantitative estimate of drug-likeness (QED) is 0.513. The van der Waals surface area contributed by atoms with Crippen molar-refractivity contribution >= 4 is 22.4 Å². The van der Waals surface area contributed by atoms with E-state index in [0.29, 0.717) is 28.7 Å². The fraction of sp³-hybridized carbons (Fsp3) is 0.429. The van der Waals surface area contributed by atoms with Crippen LogP contribution in [-0.4, -0.2) is 35.2 Å². The highest BCUT2D eigenvalue weighted by atomic mass is 19.1. The van der Waals surface area contributed by atoms with Crippen LogP contribution >= 0.6 is 0 Å². The van der Waals surface area contributed by atoms with Gasteiger partial charge in [0.2, 0.25) is 0 Å². The number of aromatic nitrogens is 2. The van der Waals surface area contributed by atoms with Gasteiger partial charge >= 0.3 is 0 Å². The SMILES string of the molecule is Cn1c(=O)c(C#N)c(N(C)[C@H]2CC[C@H](N(CC3CC3)c3ccc(F)cc3)CC2)c2nc(C#N)ccc21. The summed E-state index contributed by atoms with van der Waals surface area (Å²) in [5.41, 5.74) is 2.61. The van der Waals surface area contributed by atoms with Gasteiger partial charge in [0.25, 0.3) is 5.56 Å². The van der Waals surface area contributed by atoms with Crippen molar-refractivity contribution in [1.82, 2.24) is 9.55 Å². The Balaban J connectivity index is 1.43. The Morgan fingerprint density at radius 3 is 2.28 bits per heavy atom. The Morgan fingerprint density at radius 2 is 1.67 bits per heavy atom. The van der Waals surface area contributed by atoms with Gasteiger partial charge in [0, 0.05) is 38.4 Å². The molecular formula is C28H29FN6O. The van der Waals surface area contributed by atoms with Gasteiger partial charge in [-0.1, -0.05) is 0 Å². The minimum absolute atomic E-state index is 0.0545.